The van der Waals surface area contributed by atoms with Crippen LogP contribution in [0.5, 0.6) is 0 Å². The summed E-state index contributed by atoms with van der Waals surface area (Å²) in [6.45, 7) is 5.94. The third-order valence-corrected chi connectivity index (χ3v) is 3.90. The van der Waals surface area contributed by atoms with Gasteiger partial charge in [-0.1, -0.05) is 6.42 Å². The molecule has 1 aliphatic heterocycles. The first-order chi connectivity index (χ1) is 8.09. The van der Waals surface area contributed by atoms with Crippen molar-refractivity contribution in [1.82, 2.24) is 15.1 Å². The first-order valence-electron chi connectivity index (χ1n) is 7.18. The van der Waals surface area contributed by atoms with E-state index >= 15 is 0 Å². The molecular formula is C14H31N3. The third kappa shape index (κ3) is 6.39. The van der Waals surface area contributed by atoms with Gasteiger partial charge >= 0.3 is 0 Å². The van der Waals surface area contributed by atoms with E-state index in [9.17, 15) is 0 Å². The Bertz CT molecular complexity index is 194. The minimum atomic E-state index is 0.645. The van der Waals surface area contributed by atoms with Gasteiger partial charge in [0.25, 0.3) is 0 Å². The van der Waals surface area contributed by atoms with Crippen LogP contribution < -0.4 is 5.32 Å². The van der Waals surface area contributed by atoms with Gasteiger partial charge in [-0.3, -0.25) is 0 Å². The van der Waals surface area contributed by atoms with Crippen molar-refractivity contribution in [2.45, 2.75) is 51.1 Å². The summed E-state index contributed by atoms with van der Waals surface area (Å²) in [5, 5.41) is 3.65. The zero-order valence-corrected chi connectivity index (χ0v) is 12.2. The van der Waals surface area contributed by atoms with Crippen LogP contribution in [0.3, 0.4) is 0 Å². The topological polar surface area (TPSA) is 18.5 Å². The molecule has 102 valence electrons. The predicted molar refractivity (Wildman–Crippen MR) is 75.5 cm³/mol. The summed E-state index contributed by atoms with van der Waals surface area (Å²) in [7, 11) is 6.56. The molecular weight excluding hydrogens is 210 g/mol. The number of nitrogens with one attached hydrogen (secondary N) is 1. The number of rotatable bonds is 7. The Hall–Kier alpha value is -0.120. The van der Waals surface area contributed by atoms with E-state index in [1.807, 2.05) is 0 Å². The second kappa shape index (κ2) is 8.06. The van der Waals surface area contributed by atoms with Crippen LogP contribution in [0.25, 0.3) is 0 Å². The van der Waals surface area contributed by atoms with E-state index in [0.717, 1.165) is 6.04 Å². The van der Waals surface area contributed by atoms with E-state index in [0.29, 0.717) is 6.04 Å². The molecule has 0 spiro atoms. The molecule has 1 heterocycles. The summed E-state index contributed by atoms with van der Waals surface area (Å²) >= 11 is 0. The molecule has 2 unspecified atom stereocenters. The van der Waals surface area contributed by atoms with Crippen molar-refractivity contribution in [2.75, 3.05) is 40.8 Å². The third-order valence-electron chi connectivity index (χ3n) is 3.90. The van der Waals surface area contributed by atoms with Crippen molar-refractivity contribution in [3.8, 4) is 0 Å². The molecule has 0 radical (unpaired) electrons. The molecule has 0 aromatic rings. The van der Waals surface area contributed by atoms with Crippen molar-refractivity contribution < 1.29 is 0 Å². The Morgan fingerprint density at radius 1 is 1.35 bits per heavy atom. The summed E-state index contributed by atoms with van der Waals surface area (Å²) in [5.74, 6) is 0. The number of hydrogen-bond acceptors (Lipinski definition) is 3. The van der Waals surface area contributed by atoms with E-state index in [1.54, 1.807) is 0 Å². The fraction of sp³-hybridized carbons (Fsp3) is 1.00. The summed E-state index contributed by atoms with van der Waals surface area (Å²) < 4.78 is 0. The zero-order chi connectivity index (χ0) is 12.7. The first-order valence-corrected chi connectivity index (χ1v) is 7.18. The maximum absolute atomic E-state index is 3.65. The SMILES string of the molecule is CC(CCN(C)C)NCCC1CCCCN1C. The van der Waals surface area contributed by atoms with Gasteiger partial charge in [0.2, 0.25) is 0 Å². The predicted octanol–water partition coefficient (Wildman–Crippen LogP) is 1.79. The minimum Gasteiger partial charge on any atom is -0.314 e. The van der Waals surface area contributed by atoms with Crippen LogP contribution >= 0.6 is 0 Å². The quantitative estimate of drug-likeness (QED) is 0.733. The summed E-state index contributed by atoms with van der Waals surface area (Å²) in [5.41, 5.74) is 0. The van der Waals surface area contributed by atoms with E-state index in [-0.39, 0.29) is 0 Å². The van der Waals surface area contributed by atoms with Crippen LogP contribution in [0.2, 0.25) is 0 Å². The molecule has 17 heavy (non-hydrogen) atoms. The minimum absolute atomic E-state index is 0.645. The lowest BCUT2D eigenvalue weighted by atomic mass is 10.00. The molecule has 0 aliphatic carbocycles. The second-order valence-electron chi connectivity index (χ2n) is 5.87. The van der Waals surface area contributed by atoms with E-state index in [2.05, 4.69) is 43.2 Å². The Labute approximate surface area is 108 Å². The van der Waals surface area contributed by atoms with Crippen LogP contribution in [-0.4, -0.2) is 62.7 Å². The molecule has 1 rings (SSSR count). The van der Waals surface area contributed by atoms with Crippen molar-refractivity contribution in [3.63, 3.8) is 0 Å². The number of hydrogen-bond donors (Lipinski definition) is 1. The molecule has 2 atom stereocenters. The highest BCUT2D eigenvalue weighted by atomic mass is 15.1. The molecule has 0 amide bonds. The molecule has 3 heteroatoms. The standard InChI is InChI=1S/C14H31N3/c1-13(9-12-16(2)3)15-10-8-14-7-5-6-11-17(14)4/h13-15H,5-12H2,1-4H3. The summed E-state index contributed by atoms with van der Waals surface area (Å²) in [6.07, 6.45) is 6.76. The first kappa shape index (κ1) is 14.9. The van der Waals surface area contributed by atoms with E-state index in [1.165, 1.54) is 51.7 Å². The largest absolute Gasteiger partial charge is 0.314 e. The Morgan fingerprint density at radius 3 is 2.76 bits per heavy atom. The maximum atomic E-state index is 3.65. The lowest BCUT2D eigenvalue weighted by Gasteiger charge is -2.32. The Balaban J connectivity index is 2.05. The summed E-state index contributed by atoms with van der Waals surface area (Å²) in [6, 6.07) is 1.46. The van der Waals surface area contributed by atoms with Crippen molar-refractivity contribution >= 4 is 0 Å². The van der Waals surface area contributed by atoms with Gasteiger partial charge in [-0.05, 0) is 73.4 Å². The highest BCUT2D eigenvalue weighted by Gasteiger charge is 2.18. The molecule has 3 nitrogen and oxygen atoms in total. The van der Waals surface area contributed by atoms with Crippen molar-refractivity contribution in [3.05, 3.63) is 0 Å². The molecule has 1 saturated heterocycles. The van der Waals surface area contributed by atoms with Gasteiger partial charge < -0.3 is 15.1 Å². The maximum Gasteiger partial charge on any atom is 0.0104 e. The molecule has 0 aromatic heterocycles. The van der Waals surface area contributed by atoms with Crippen molar-refractivity contribution in [1.29, 1.82) is 0 Å². The monoisotopic (exact) mass is 241 g/mol. The normalized spacial score (nSPS) is 24.2. The van der Waals surface area contributed by atoms with E-state index in [4.69, 9.17) is 0 Å². The fourth-order valence-corrected chi connectivity index (χ4v) is 2.56. The fourth-order valence-electron chi connectivity index (χ4n) is 2.56. The molecule has 1 fully saturated rings. The average molecular weight is 241 g/mol. The number of nitrogens with zero attached hydrogens (tertiary/aromatic N) is 2. The molecule has 1 N–H and O–H groups in total. The zero-order valence-electron chi connectivity index (χ0n) is 12.2. The highest BCUT2D eigenvalue weighted by molar-refractivity contribution is 4.75. The lowest BCUT2D eigenvalue weighted by molar-refractivity contribution is 0.174. The van der Waals surface area contributed by atoms with Crippen LogP contribution in [0.4, 0.5) is 0 Å². The van der Waals surface area contributed by atoms with Gasteiger partial charge in [0.1, 0.15) is 0 Å². The van der Waals surface area contributed by atoms with Crippen molar-refractivity contribution in [2.24, 2.45) is 0 Å². The Morgan fingerprint density at radius 2 is 2.12 bits per heavy atom. The highest BCUT2D eigenvalue weighted by Crippen LogP contribution is 2.17. The van der Waals surface area contributed by atoms with Crippen LogP contribution in [0.1, 0.15) is 39.0 Å². The van der Waals surface area contributed by atoms with Crippen LogP contribution in [0.15, 0.2) is 0 Å². The smallest absolute Gasteiger partial charge is 0.0104 e. The number of likely N-dealkylation sites (tertiary alicyclic amines) is 1. The summed E-state index contributed by atoms with van der Waals surface area (Å²) in [4.78, 5) is 4.79. The van der Waals surface area contributed by atoms with Gasteiger partial charge in [0.05, 0.1) is 0 Å². The van der Waals surface area contributed by atoms with Gasteiger partial charge in [0, 0.05) is 12.1 Å². The van der Waals surface area contributed by atoms with E-state index < -0.39 is 0 Å². The molecule has 0 saturated carbocycles. The molecule has 0 bridgehead atoms. The van der Waals surface area contributed by atoms with Crippen LogP contribution in [-0.2, 0) is 0 Å². The molecule has 0 aromatic carbocycles. The average Bonchev–Trinajstić information content (AvgIpc) is 2.29. The van der Waals surface area contributed by atoms with Gasteiger partial charge in [-0.2, -0.15) is 0 Å². The van der Waals surface area contributed by atoms with Gasteiger partial charge in [0.15, 0.2) is 0 Å². The van der Waals surface area contributed by atoms with Gasteiger partial charge in [-0.15, -0.1) is 0 Å². The second-order valence-corrected chi connectivity index (χ2v) is 5.87. The number of piperidine rings is 1. The molecule has 1 aliphatic rings. The van der Waals surface area contributed by atoms with Crippen LogP contribution in [0, 0.1) is 0 Å². The lowest BCUT2D eigenvalue weighted by Crippen LogP contribution is -2.39. The Kier molecular flexibility index (Phi) is 7.09. The van der Waals surface area contributed by atoms with Gasteiger partial charge in [-0.25, -0.2) is 0 Å².